The van der Waals surface area contributed by atoms with E-state index in [1.54, 1.807) is 12.3 Å². The third kappa shape index (κ3) is 3.43. The molecular weight excluding hydrogens is 252 g/mol. The second-order valence-electron chi connectivity index (χ2n) is 4.81. The van der Waals surface area contributed by atoms with Gasteiger partial charge in [-0.2, -0.15) is 0 Å². The molecule has 2 rings (SSSR count). The lowest BCUT2D eigenvalue weighted by Gasteiger charge is -2.26. The van der Waals surface area contributed by atoms with Crippen molar-refractivity contribution < 1.29 is 13.5 Å². The van der Waals surface area contributed by atoms with E-state index in [1.165, 1.54) is 6.07 Å². The molecule has 0 atom stereocenters. The molecule has 1 aliphatic carbocycles. The van der Waals surface area contributed by atoms with E-state index >= 15 is 0 Å². The van der Waals surface area contributed by atoms with E-state index in [1.807, 2.05) is 0 Å². The molecular formula is C12H18N2O3S. The molecule has 1 saturated carbocycles. The zero-order valence-electron chi connectivity index (χ0n) is 10.3. The zero-order valence-corrected chi connectivity index (χ0v) is 11.2. The van der Waals surface area contributed by atoms with Crippen LogP contribution in [0, 0.1) is 0 Å². The molecule has 0 unspecified atom stereocenters. The van der Waals surface area contributed by atoms with Crippen LogP contribution in [0.1, 0.15) is 25.7 Å². The summed E-state index contributed by atoms with van der Waals surface area (Å²) >= 11 is 0. The van der Waals surface area contributed by atoms with Crippen LogP contribution in [0.2, 0.25) is 0 Å². The summed E-state index contributed by atoms with van der Waals surface area (Å²) in [4.78, 5) is 3.93. The summed E-state index contributed by atoms with van der Waals surface area (Å²) < 4.78 is 22.5. The van der Waals surface area contributed by atoms with E-state index in [-0.39, 0.29) is 11.1 Å². The van der Waals surface area contributed by atoms with Crippen molar-refractivity contribution in [2.75, 3.05) is 11.6 Å². The zero-order chi connectivity index (χ0) is 13.2. The Kier molecular flexibility index (Phi) is 3.87. The molecule has 0 saturated heterocycles. The minimum absolute atomic E-state index is 0.0899. The van der Waals surface area contributed by atoms with Gasteiger partial charge in [0.1, 0.15) is 0 Å². The van der Waals surface area contributed by atoms with Crippen LogP contribution in [0.3, 0.4) is 0 Å². The summed E-state index contributed by atoms with van der Waals surface area (Å²) in [5.41, 5.74) is 0.823. The number of rotatable bonds is 3. The lowest BCUT2D eigenvalue weighted by atomic mass is 9.93. The molecule has 0 bridgehead atoms. The minimum atomic E-state index is -3.23. The highest BCUT2D eigenvalue weighted by molar-refractivity contribution is 7.90. The quantitative estimate of drug-likeness (QED) is 0.862. The Labute approximate surface area is 107 Å². The number of anilines is 1. The number of aliphatic hydroxyl groups excluding tert-OH is 1. The Morgan fingerprint density at radius 1 is 1.28 bits per heavy atom. The lowest BCUT2D eigenvalue weighted by Crippen LogP contribution is -2.28. The van der Waals surface area contributed by atoms with Crippen molar-refractivity contribution in [2.24, 2.45) is 0 Å². The summed E-state index contributed by atoms with van der Waals surface area (Å²) in [6.45, 7) is 0. The topological polar surface area (TPSA) is 79.3 Å². The van der Waals surface area contributed by atoms with E-state index in [0.717, 1.165) is 37.6 Å². The van der Waals surface area contributed by atoms with Crippen LogP contribution in [0.25, 0.3) is 0 Å². The molecule has 0 radical (unpaired) electrons. The van der Waals surface area contributed by atoms with E-state index in [4.69, 9.17) is 0 Å². The summed E-state index contributed by atoms with van der Waals surface area (Å²) in [6, 6.07) is 3.57. The van der Waals surface area contributed by atoms with Gasteiger partial charge >= 0.3 is 0 Å². The normalized spacial score (nSPS) is 24.8. The third-order valence-electron chi connectivity index (χ3n) is 3.18. The van der Waals surface area contributed by atoms with Crippen LogP contribution in [0.5, 0.6) is 0 Å². The number of aromatic nitrogens is 1. The van der Waals surface area contributed by atoms with Gasteiger partial charge in [0.15, 0.2) is 14.9 Å². The number of hydrogen-bond donors (Lipinski definition) is 2. The van der Waals surface area contributed by atoms with Gasteiger partial charge in [-0.05, 0) is 37.8 Å². The highest BCUT2D eigenvalue weighted by atomic mass is 32.2. The Bertz CT molecular complexity index is 491. The van der Waals surface area contributed by atoms with Gasteiger partial charge in [-0.15, -0.1) is 0 Å². The molecule has 2 N–H and O–H groups in total. The van der Waals surface area contributed by atoms with E-state index < -0.39 is 9.84 Å². The Balaban J connectivity index is 1.98. The van der Waals surface area contributed by atoms with Gasteiger partial charge in [-0.25, -0.2) is 13.4 Å². The fourth-order valence-corrected chi connectivity index (χ4v) is 2.70. The maximum atomic E-state index is 11.3. The Hall–Kier alpha value is -1.14. The van der Waals surface area contributed by atoms with Crippen molar-refractivity contribution in [3.63, 3.8) is 0 Å². The highest BCUT2D eigenvalue weighted by Crippen LogP contribution is 2.22. The molecule has 0 amide bonds. The van der Waals surface area contributed by atoms with Crippen molar-refractivity contribution in [1.82, 2.24) is 4.98 Å². The minimum Gasteiger partial charge on any atom is -0.393 e. The fourth-order valence-electron chi connectivity index (χ4n) is 2.14. The van der Waals surface area contributed by atoms with Gasteiger partial charge in [0.2, 0.25) is 0 Å². The van der Waals surface area contributed by atoms with E-state index in [0.29, 0.717) is 6.04 Å². The third-order valence-corrected chi connectivity index (χ3v) is 4.19. The maximum Gasteiger partial charge on any atom is 0.192 e. The molecule has 0 spiro atoms. The second kappa shape index (κ2) is 5.24. The van der Waals surface area contributed by atoms with Crippen LogP contribution >= 0.6 is 0 Å². The van der Waals surface area contributed by atoms with Crippen LogP contribution in [0.15, 0.2) is 23.4 Å². The van der Waals surface area contributed by atoms with Gasteiger partial charge < -0.3 is 10.4 Å². The molecule has 6 heteroatoms. The summed E-state index contributed by atoms with van der Waals surface area (Å²) in [6.07, 6.45) is 5.99. The predicted molar refractivity (Wildman–Crippen MR) is 69.2 cm³/mol. The number of nitrogens with one attached hydrogen (secondary N) is 1. The number of pyridine rings is 1. The van der Waals surface area contributed by atoms with Gasteiger partial charge in [0.05, 0.1) is 18.0 Å². The van der Waals surface area contributed by atoms with Crippen LogP contribution in [-0.4, -0.2) is 36.9 Å². The fraction of sp³-hybridized carbons (Fsp3) is 0.583. The number of nitrogens with zero attached hydrogens (tertiary/aromatic N) is 1. The van der Waals surface area contributed by atoms with Crippen molar-refractivity contribution in [3.05, 3.63) is 18.3 Å². The average Bonchev–Trinajstić information content (AvgIpc) is 2.32. The standard InChI is InChI=1S/C12H18N2O3S/c1-18(16,17)12-7-4-10(8-13-12)14-9-2-5-11(15)6-3-9/h4,7-9,11,14-15H,2-3,5-6H2,1H3. The van der Waals surface area contributed by atoms with Gasteiger partial charge in [0, 0.05) is 12.3 Å². The largest absolute Gasteiger partial charge is 0.393 e. The average molecular weight is 270 g/mol. The number of aliphatic hydroxyl groups is 1. The predicted octanol–water partition coefficient (Wildman–Crippen LogP) is 1.20. The summed E-state index contributed by atoms with van der Waals surface area (Å²) in [5.74, 6) is 0. The van der Waals surface area contributed by atoms with Crippen molar-refractivity contribution in [1.29, 1.82) is 0 Å². The smallest absolute Gasteiger partial charge is 0.192 e. The van der Waals surface area contributed by atoms with Gasteiger partial charge in [0.25, 0.3) is 0 Å². The van der Waals surface area contributed by atoms with Crippen molar-refractivity contribution in [2.45, 2.75) is 42.9 Å². The van der Waals surface area contributed by atoms with Crippen LogP contribution < -0.4 is 5.32 Å². The highest BCUT2D eigenvalue weighted by Gasteiger charge is 2.19. The maximum absolute atomic E-state index is 11.3. The first-order valence-electron chi connectivity index (χ1n) is 6.06. The first-order valence-corrected chi connectivity index (χ1v) is 7.95. The molecule has 0 aliphatic heterocycles. The lowest BCUT2D eigenvalue weighted by molar-refractivity contribution is 0.126. The molecule has 1 aromatic heterocycles. The summed E-state index contributed by atoms with van der Waals surface area (Å²) in [5, 5.41) is 12.8. The first kappa shape index (κ1) is 13.3. The molecule has 0 aromatic carbocycles. The van der Waals surface area contributed by atoms with Gasteiger partial charge in [-0.1, -0.05) is 0 Å². The number of sulfone groups is 1. The number of hydrogen-bond acceptors (Lipinski definition) is 5. The molecule has 1 heterocycles. The van der Waals surface area contributed by atoms with Gasteiger partial charge in [-0.3, -0.25) is 0 Å². The molecule has 18 heavy (non-hydrogen) atoms. The molecule has 100 valence electrons. The van der Waals surface area contributed by atoms with Crippen molar-refractivity contribution in [3.8, 4) is 0 Å². The van der Waals surface area contributed by atoms with E-state index in [9.17, 15) is 13.5 Å². The SMILES string of the molecule is CS(=O)(=O)c1ccc(NC2CCC(O)CC2)cn1. The molecule has 1 fully saturated rings. The van der Waals surface area contributed by atoms with Crippen LogP contribution in [-0.2, 0) is 9.84 Å². The monoisotopic (exact) mass is 270 g/mol. The second-order valence-corrected chi connectivity index (χ2v) is 6.77. The Morgan fingerprint density at radius 2 is 1.94 bits per heavy atom. The first-order chi connectivity index (χ1) is 8.45. The molecule has 1 aromatic rings. The molecule has 5 nitrogen and oxygen atoms in total. The molecule has 1 aliphatic rings. The van der Waals surface area contributed by atoms with Crippen LogP contribution in [0.4, 0.5) is 5.69 Å². The Morgan fingerprint density at radius 3 is 2.44 bits per heavy atom. The summed E-state index contributed by atoms with van der Waals surface area (Å²) in [7, 11) is -3.23. The van der Waals surface area contributed by atoms with Crippen molar-refractivity contribution >= 4 is 15.5 Å². The van der Waals surface area contributed by atoms with E-state index in [2.05, 4.69) is 10.3 Å².